The summed E-state index contributed by atoms with van der Waals surface area (Å²) >= 11 is 0. The molecule has 0 bridgehead atoms. The molecule has 0 spiro atoms. The molecular weight excluding hydrogens is 368 g/mol. The molecule has 0 radical (unpaired) electrons. The number of carbonyl (C=O) groups is 1. The van der Waals surface area contributed by atoms with Crippen LogP contribution in [0.25, 0.3) is 10.9 Å². The van der Waals surface area contributed by atoms with E-state index in [4.69, 9.17) is 4.74 Å². The highest BCUT2D eigenvalue weighted by Gasteiger charge is 2.18. The van der Waals surface area contributed by atoms with E-state index >= 15 is 0 Å². The number of H-pyrrole nitrogens is 1. The monoisotopic (exact) mass is 394 g/mol. The Hall–Kier alpha value is -3.19. The van der Waals surface area contributed by atoms with Crippen molar-refractivity contribution in [2.45, 2.75) is 25.9 Å². The third-order valence-corrected chi connectivity index (χ3v) is 4.97. The maximum absolute atomic E-state index is 12.5. The number of ether oxygens (including phenoxy) is 1. The summed E-state index contributed by atoms with van der Waals surface area (Å²) in [5, 5.41) is 3.52. The van der Waals surface area contributed by atoms with Crippen LogP contribution in [0.2, 0.25) is 0 Å². The van der Waals surface area contributed by atoms with Gasteiger partial charge in [-0.15, -0.1) is 0 Å². The predicted octanol–water partition coefficient (Wildman–Crippen LogP) is 2.11. The summed E-state index contributed by atoms with van der Waals surface area (Å²) in [6.07, 6.45) is 0.742. The van der Waals surface area contributed by atoms with Crippen LogP contribution in [-0.4, -0.2) is 47.5 Å². The second-order valence-corrected chi connectivity index (χ2v) is 7.01. The van der Waals surface area contributed by atoms with Crippen molar-refractivity contribution >= 4 is 16.8 Å². The molecule has 1 amide bonds. The zero-order valence-corrected chi connectivity index (χ0v) is 16.9. The molecule has 0 fully saturated rings. The molecule has 0 aliphatic carbocycles. The Kier molecular flexibility index (Phi) is 6.61. The molecule has 2 N–H and O–H groups in total. The minimum atomic E-state index is -0.359. The molecule has 7 nitrogen and oxygen atoms in total. The van der Waals surface area contributed by atoms with Crippen LogP contribution in [0, 0.1) is 0 Å². The number of hydrogen-bond acceptors (Lipinski definition) is 5. The maximum atomic E-state index is 12.5. The van der Waals surface area contributed by atoms with Gasteiger partial charge in [-0.1, -0.05) is 24.3 Å². The summed E-state index contributed by atoms with van der Waals surface area (Å²) in [4.78, 5) is 33.8. The van der Waals surface area contributed by atoms with E-state index in [1.54, 1.807) is 13.2 Å². The van der Waals surface area contributed by atoms with Crippen LogP contribution in [0.3, 0.4) is 0 Å². The Morgan fingerprint density at radius 1 is 1.21 bits per heavy atom. The fourth-order valence-electron chi connectivity index (χ4n) is 3.05. The molecule has 0 aliphatic rings. The third-order valence-electron chi connectivity index (χ3n) is 4.97. The van der Waals surface area contributed by atoms with Crippen molar-refractivity contribution < 1.29 is 9.53 Å². The number of carbonyl (C=O) groups excluding carboxylic acids is 1. The van der Waals surface area contributed by atoms with Crippen molar-refractivity contribution in [1.82, 2.24) is 20.2 Å². The first-order valence-corrected chi connectivity index (χ1v) is 9.56. The Morgan fingerprint density at radius 3 is 2.66 bits per heavy atom. The number of fused-ring (bicyclic) bond motifs is 1. The van der Waals surface area contributed by atoms with Crippen LogP contribution in [0.4, 0.5) is 0 Å². The van der Waals surface area contributed by atoms with Gasteiger partial charge < -0.3 is 15.0 Å². The first-order valence-electron chi connectivity index (χ1n) is 9.56. The molecule has 2 aromatic carbocycles. The van der Waals surface area contributed by atoms with E-state index in [0.29, 0.717) is 29.8 Å². The number of para-hydroxylation sites is 1. The zero-order chi connectivity index (χ0) is 20.8. The maximum Gasteiger partial charge on any atom is 0.258 e. The van der Waals surface area contributed by atoms with Crippen LogP contribution >= 0.6 is 0 Å². The quantitative estimate of drug-likeness (QED) is 0.611. The Balaban J connectivity index is 1.54. The summed E-state index contributed by atoms with van der Waals surface area (Å²) in [6.45, 7) is 2.75. The minimum Gasteiger partial charge on any atom is -0.497 e. The number of aromatic nitrogens is 2. The van der Waals surface area contributed by atoms with Crippen LogP contribution in [0.5, 0.6) is 5.75 Å². The van der Waals surface area contributed by atoms with E-state index in [1.807, 2.05) is 61.3 Å². The largest absolute Gasteiger partial charge is 0.497 e. The highest BCUT2D eigenvalue weighted by atomic mass is 16.5. The molecule has 29 heavy (non-hydrogen) atoms. The van der Waals surface area contributed by atoms with Gasteiger partial charge in [0.2, 0.25) is 5.91 Å². The van der Waals surface area contributed by atoms with Crippen molar-refractivity contribution in [3.63, 3.8) is 0 Å². The number of likely N-dealkylation sites (N-methyl/N-ethyl adjacent to an activating group) is 1. The van der Waals surface area contributed by atoms with Crippen molar-refractivity contribution in [1.29, 1.82) is 0 Å². The third kappa shape index (κ3) is 5.20. The lowest BCUT2D eigenvalue weighted by atomic mass is 10.1. The lowest BCUT2D eigenvalue weighted by molar-refractivity contribution is -0.125. The van der Waals surface area contributed by atoms with Crippen molar-refractivity contribution in [2.75, 3.05) is 20.7 Å². The molecule has 3 aromatic rings. The molecule has 0 aliphatic heterocycles. The van der Waals surface area contributed by atoms with E-state index < -0.39 is 0 Å². The summed E-state index contributed by atoms with van der Waals surface area (Å²) < 4.78 is 5.15. The van der Waals surface area contributed by atoms with Gasteiger partial charge in [0.05, 0.1) is 30.6 Å². The summed E-state index contributed by atoms with van der Waals surface area (Å²) in [7, 11) is 3.47. The minimum absolute atomic E-state index is 0.0656. The number of rotatable bonds is 8. The average molecular weight is 394 g/mol. The number of nitrogens with zero attached hydrogens (tertiary/aromatic N) is 2. The molecule has 0 unspecified atom stereocenters. The van der Waals surface area contributed by atoms with E-state index in [-0.39, 0.29) is 17.5 Å². The molecule has 3 rings (SSSR count). The normalized spacial score (nSPS) is 12.1. The van der Waals surface area contributed by atoms with Gasteiger partial charge in [-0.2, -0.15) is 0 Å². The number of methoxy groups -OCH3 is 1. The number of aromatic amines is 1. The van der Waals surface area contributed by atoms with E-state index in [1.165, 1.54) is 0 Å². The van der Waals surface area contributed by atoms with Crippen molar-refractivity contribution in [2.24, 2.45) is 0 Å². The van der Waals surface area contributed by atoms with Crippen molar-refractivity contribution in [3.8, 4) is 5.75 Å². The SMILES string of the molecule is COc1ccc(CCNC(=O)[C@H](C)N(C)Cc2nc3ccccc3c(=O)[nH]2)cc1. The number of amides is 1. The van der Waals surface area contributed by atoms with Crippen LogP contribution in [0.15, 0.2) is 53.3 Å². The lowest BCUT2D eigenvalue weighted by Crippen LogP contribution is -2.43. The van der Waals surface area contributed by atoms with Crippen LogP contribution in [0.1, 0.15) is 18.3 Å². The van der Waals surface area contributed by atoms with E-state index in [0.717, 1.165) is 17.7 Å². The standard InChI is InChI=1S/C22H26N4O3/c1-15(21(27)23-13-12-16-8-10-17(29-3)11-9-16)26(2)14-20-24-19-7-5-4-6-18(19)22(28)25-20/h4-11,15H,12-14H2,1-3H3,(H,23,27)(H,24,25,28)/t15-/m0/s1. The number of benzene rings is 2. The van der Waals surface area contributed by atoms with Gasteiger partial charge in [-0.05, 0) is 50.2 Å². The van der Waals surface area contributed by atoms with Crippen LogP contribution in [-0.2, 0) is 17.8 Å². The topological polar surface area (TPSA) is 87.3 Å². The number of nitrogens with one attached hydrogen (secondary N) is 2. The Morgan fingerprint density at radius 2 is 1.93 bits per heavy atom. The Bertz CT molecular complexity index is 1030. The van der Waals surface area contributed by atoms with Gasteiger partial charge in [0, 0.05) is 6.54 Å². The summed E-state index contributed by atoms with van der Waals surface area (Å²) in [5.41, 5.74) is 1.61. The lowest BCUT2D eigenvalue weighted by Gasteiger charge is -2.23. The van der Waals surface area contributed by atoms with Gasteiger partial charge in [-0.25, -0.2) is 4.98 Å². The number of hydrogen-bond donors (Lipinski definition) is 2. The van der Waals surface area contributed by atoms with Gasteiger partial charge in [0.25, 0.3) is 5.56 Å². The average Bonchev–Trinajstić information content (AvgIpc) is 2.73. The molecule has 7 heteroatoms. The van der Waals surface area contributed by atoms with Gasteiger partial charge in [0.1, 0.15) is 11.6 Å². The highest BCUT2D eigenvalue weighted by Crippen LogP contribution is 2.11. The first kappa shape index (κ1) is 20.5. The highest BCUT2D eigenvalue weighted by molar-refractivity contribution is 5.81. The smallest absolute Gasteiger partial charge is 0.258 e. The molecule has 152 valence electrons. The summed E-state index contributed by atoms with van der Waals surface area (Å²) in [5.74, 6) is 1.28. The molecule has 0 saturated heterocycles. The van der Waals surface area contributed by atoms with Crippen molar-refractivity contribution in [3.05, 3.63) is 70.3 Å². The second-order valence-electron chi connectivity index (χ2n) is 7.01. The van der Waals surface area contributed by atoms with E-state index in [9.17, 15) is 9.59 Å². The summed E-state index contributed by atoms with van der Waals surface area (Å²) in [6, 6.07) is 14.6. The second kappa shape index (κ2) is 9.34. The zero-order valence-electron chi connectivity index (χ0n) is 16.9. The molecule has 0 saturated carbocycles. The molecule has 1 atom stereocenters. The van der Waals surface area contributed by atoms with E-state index in [2.05, 4.69) is 15.3 Å². The molecular formula is C22H26N4O3. The fourth-order valence-corrected chi connectivity index (χ4v) is 3.05. The fraction of sp³-hybridized carbons (Fsp3) is 0.318. The first-order chi connectivity index (χ1) is 14.0. The predicted molar refractivity (Wildman–Crippen MR) is 113 cm³/mol. The molecule has 1 heterocycles. The van der Waals surface area contributed by atoms with Gasteiger partial charge >= 0.3 is 0 Å². The van der Waals surface area contributed by atoms with Gasteiger partial charge in [0.15, 0.2) is 0 Å². The van der Waals surface area contributed by atoms with Crippen LogP contribution < -0.4 is 15.6 Å². The molecule has 1 aromatic heterocycles. The Labute approximate surface area is 169 Å². The van der Waals surface area contributed by atoms with Gasteiger partial charge in [-0.3, -0.25) is 14.5 Å².